The molecule has 0 bridgehead atoms. The molecule has 1 saturated carbocycles. The molecule has 0 atom stereocenters. The van der Waals surface area contributed by atoms with Crippen LogP contribution in [0, 0.1) is 0 Å². The lowest BCUT2D eigenvalue weighted by atomic mass is 10.1. The summed E-state index contributed by atoms with van der Waals surface area (Å²) in [6.07, 6.45) is 1.65. The number of halogens is 1. The van der Waals surface area contributed by atoms with Gasteiger partial charge in [0, 0.05) is 5.56 Å². The lowest BCUT2D eigenvalue weighted by molar-refractivity contribution is 0.149. The van der Waals surface area contributed by atoms with Crippen LogP contribution >= 0.6 is 15.9 Å². The van der Waals surface area contributed by atoms with E-state index in [-0.39, 0.29) is 6.79 Å². The Morgan fingerprint density at radius 2 is 2.07 bits per heavy atom. The molecule has 1 fully saturated rings. The predicted octanol–water partition coefficient (Wildman–Crippen LogP) is 2.16. The molecule has 14 heavy (non-hydrogen) atoms. The fourth-order valence-corrected chi connectivity index (χ4v) is 2.50. The summed E-state index contributed by atoms with van der Waals surface area (Å²) < 4.78 is 11.4. The maximum absolute atomic E-state index is 9.99. The molecule has 74 valence electrons. The number of rotatable bonds is 1. The molecule has 3 nitrogen and oxygen atoms in total. The van der Waals surface area contributed by atoms with Gasteiger partial charge in [-0.2, -0.15) is 0 Å². The standard InChI is InChI=1S/C10H9BrO3/c11-8-6(10(12)3-4-10)1-2-7-9(8)14-5-13-7/h1-2,12H,3-5H2. The summed E-state index contributed by atoms with van der Waals surface area (Å²) in [6, 6.07) is 3.74. The average molecular weight is 257 g/mol. The van der Waals surface area contributed by atoms with Crippen LogP contribution in [-0.4, -0.2) is 11.9 Å². The van der Waals surface area contributed by atoms with Crippen LogP contribution in [0.15, 0.2) is 16.6 Å². The van der Waals surface area contributed by atoms with Crippen molar-refractivity contribution in [1.82, 2.24) is 0 Å². The Morgan fingerprint density at radius 3 is 2.79 bits per heavy atom. The maximum atomic E-state index is 9.99. The zero-order valence-corrected chi connectivity index (χ0v) is 9.00. The molecule has 0 radical (unpaired) electrons. The minimum atomic E-state index is -0.639. The van der Waals surface area contributed by atoms with E-state index in [1.165, 1.54) is 0 Å². The molecule has 1 N–H and O–H groups in total. The van der Waals surface area contributed by atoms with E-state index in [9.17, 15) is 5.11 Å². The van der Waals surface area contributed by atoms with Crippen molar-refractivity contribution in [3.63, 3.8) is 0 Å². The van der Waals surface area contributed by atoms with Gasteiger partial charge < -0.3 is 14.6 Å². The van der Waals surface area contributed by atoms with Gasteiger partial charge in [-0.05, 0) is 34.8 Å². The molecule has 0 spiro atoms. The van der Waals surface area contributed by atoms with E-state index in [4.69, 9.17) is 9.47 Å². The first-order valence-corrected chi connectivity index (χ1v) is 5.31. The van der Waals surface area contributed by atoms with Gasteiger partial charge >= 0.3 is 0 Å². The normalized spacial score (nSPS) is 21.0. The highest BCUT2D eigenvalue weighted by Crippen LogP contribution is 2.52. The molecule has 1 aliphatic heterocycles. The highest BCUT2D eigenvalue weighted by Gasteiger charge is 2.44. The largest absolute Gasteiger partial charge is 0.454 e. The van der Waals surface area contributed by atoms with E-state index in [0.29, 0.717) is 5.75 Å². The summed E-state index contributed by atoms with van der Waals surface area (Å²) >= 11 is 3.44. The van der Waals surface area contributed by atoms with Crippen LogP contribution in [0.2, 0.25) is 0 Å². The second-order valence-electron chi connectivity index (χ2n) is 3.69. The van der Waals surface area contributed by atoms with Crippen molar-refractivity contribution in [1.29, 1.82) is 0 Å². The van der Waals surface area contributed by atoms with Gasteiger partial charge in [-0.25, -0.2) is 0 Å². The summed E-state index contributed by atoms with van der Waals surface area (Å²) in [4.78, 5) is 0. The SMILES string of the molecule is OC1(c2ccc3c(c2Br)OCO3)CC1. The van der Waals surface area contributed by atoms with Crippen LogP contribution < -0.4 is 9.47 Å². The quantitative estimate of drug-likeness (QED) is 0.837. The number of aliphatic hydroxyl groups is 1. The number of fused-ring (bicyclic) bond motifs is 1. The number of hydrogen-bond acceptors (Lipinski definition) is 3. The first-order chi connectivity index (χ1) is 6.71. The van der Waals surface area contributed by atoms with Gasteiger partial charge in [0.1, 0.15) is 0 Å². The lowest BCUT2D eigenvalue weighted by Gasteiger charge is -2.11. The smallest absolute Gasteiger partial charge is 0.231 e. The van der Waals surface area contributed by atoms with Crippen molar-refractivity contribution in [3.05, 3.63) is 22.2 Å². The maximum Gasteiger partial charge on any atom is 0.231 e. The van der Waals surface area contributed by atoms with Crippen molar-refractivity contribution in [3.8, 4) is 11.5 Å². The lowest BCUT2D eigenvalue weighted by Crippen LogP contribution is -2.05. The molecule has 1 aromatic rings. The summed E-state index contributed by atoms with van der Waals surface area (Å²) in [5, 5.41) is 9.99. The Kier molecular flexibility index (Phi) is 1.61. The molecule has 1 heterocycles. The van der Waals surface area contributed by atoms with Gasteiger partial charge in [-0.15, -0.1) is 0 Å². The third-order valence-corrected chi connectivity index (χ3v) is 3.49. The first kappa shape index (κ1) is 8.56. The Labute approximate surface area is 89.8 Å². The van der Waals surface area contributed by atoms with Gasteiger partial charge in [0.2, 0.25) is 6.79 Å². The topological polar surface area (TPSA) is 38.7 Å². The zero-order chi connectivity index (χ0) is 9.76. The minimum Gasteiger partial charge on any atom is -0.454 e. The fourth-order valence-electron chi connectivity index (χ4n) is 1.69. The number of hydrogen-bond donors (Lipinski definition) is 1. The molecule has 2 aliphatic rings. The Balaban J connectivity index is 2.15. The van der Waals surface area contributed by atoms with Gasteiger partial charge in [-0.1, -0.05) is 6.07 Å². The third-order valence-electron chi connectivity index (χ3n) is 2.70. The van der Waals surface area contributed by atoms with Crippen LogP contribution in [0.1, 0.15) is 18.4 Å². The summed E-state index contributed by atoms with van der Waals surface area (Å²) in [5.74, 6) is 1.45. The molecule has 1 aromatic carbocycles. The zero-order valence-electron chi connectivity index (χ0n) is 7.42. The summed E-state index contributed by atoms with van der Waals surface area (Å²) in [5.41, 5.74) is 0.265. The molecule has 0 amide bonds. The van der Waals surface area contributed by atoms with Crippen molar-refractivity contribution in [2.75, 3.05) is 6.79 Å². The van der Waals surface area contributed by atoms with Crippen molar-refractivity contribution >= 4 is 15.9 Å². The van der Waals surface area contributed by atoms with Crippen LogP contribution in [-0.2, 0) is 5.60 Å². The monoisotopic (exact) mass is 256 g/mol. The van der Waals surface area contributed by atoms with Gasteiger partial charge in [0.05, 0.1) is 10.1 Å². The molecule has 4 heteroatoms. The van der Waals surface area contributed by atoms with Crippen molar-refractivity contribution in [2.24, 2.45) is 0 Å². The van der Waals surface area contributed by atoms with Gasteiger partial charge in [0.25, 0.3) is 0 Å². The Hall–Kier alpha value is -0.740. The molecular formula is C10H9BrO3. The van der Waals surface area contributed by atoms with Crippen LogP contribution in [0.25, 0.3) is 0 Å². The summed E-state index contributed by atoms with van der Waals surface area (Å²) in [6.45, 7) is 0.260. The minimum absolute atomic E-state index is 0.260. The van der Waals surface area contributed by atoms with E-state index >= 15 is 0 Å². The molecular weight excluding hydrogens is 248 g/mol. The predicted molar refractivity (Wildman–Crippen MR) is 53.4 cm³/mol. The van der Waals surface area contributed by atoms with Crippen LogP contribution in [0.5, 0.6) is 11.5 Å². The Morgan fingerprint density at radius 1 is 1.29 bits per heavy atom. The molecule has 0 unspecified atom stereocenters. The van der Waals surface area contributed by atoms with Gasteiger partial charge in [0.15, 0.2) is 11.5 Å². The van der Waals surface area contributed by atoms with E-state index in [1.54, 1.807) is 0 Å². The van der Waals surface area contributed by atoms with E-state index < -0.39 is 5.60 Å². The van der Waals surface area contributed by atoms with Crippen molar-refractivity contribution in [2.45, 2.75) is 18.4 Å². The van der Waals surface area contributed by atoms with Gasteiger partial charge in [-0.3, -0.25) is 0 Å². The fraction of sp³-hybridized carbons (Fsp3) is 0.400. The third kappa shape index (κ3) is 1.07. The van der Waals surface area contributed by atoms with E-state index in [1.807, 2.05) is 12.1 Å². The molecule has 0 saturated heterocycles. The van der Waals surface area contributed by atoms with Crippen LogP contribution in [0.3, 0.4) is 0 Å². The van der Waals surface area contributed by atoms with Crippen molar-refractivity contribution < 1.29 is 14.6 Å². The molecule has 0 aromatic heterocycles. The Bertz CT molecular complexity index is 399. The molecule has 1 aliphatic carbocycles. The van der Waals surface area contributed by atoms with Crippen LogP contribution in [0.4, 0.5) is 0 Å². The van der Waals surface area contributed by atoms with E-state index in [2.05, 4.69) is 15.9 Å². The average Bonchev–Trinajstić information content (AvgIpc) is 2.75. The summed E-state index contributed by atoms with van der Waals surface area (Å²) in [7, 11) is 0. The highest BCUT2D eigenvalue weighted by atomic mass is 79.9. The second-order valence-corrected chi connectivity index (χ2v) is 4.49. The first-order valence-electron chi connectivity index (χ1n) is 4.52. The second kappa shape index (κ2) is 2.64. The number of benzene rings is 1. The number of ether oxygens (including phenoxy) is 2. The highest BCUT2D eigenvalue weighted by molar-refractivity contribution is 9.10. The van der Waals surface area contributed by atoms with E-state index in [0.717, 1.165) is 28.6 Å². The molecule has 3 rings (SSSR count).